The van der Waals surface area contributed by atoms with Crippen LogP contribution in [0.1, 0.15) is 37.3 Å². The standard InChI is InChI=1S/C13H18N2O4.C6H14N4O2/c14-8-11(9-4-2-1-3-5-9)15-10(13(18)19)6-7-12(16)17;7-4(5(11)12)2-1-3-10-6(8)9/h1-5,10-11,15H,6-8,14H2,(H,16,17)(H,18,19);4H,1-3,7H2,(H,11,12)(H4,8,9,10)/t10-,11?;4-/m01/s1. The summed E-state index contributed by atoms with van der Waals surface area (Å²) < 4.78 is 0. The van der Waals surface area contributed by atoms with Gasteiger partial charge in [0.2, 0.25) is 0 Å². The van der Waals surface area contributed by atoms with Crippen molar-refractivity contribution in [3.8, 4) is 0 Å². The number of carbonyl (C=O) groups is 3. The molecule has 1 aromatic rings. The minimum absolute atomic E-state index is 0.0129. The first-order chi connectivity index (χ1) is 14.6. The first kappa shape index (κ1) is 27.8. The fourth-order valence-corrected chi connectivity index (χ4v) is 2.42. The zero-order chi connectivity index (χ0) is 23.8. The molecule has 31 heavy (non-hydrogen) atoms. The quantitative estimate of drug-likeness (QED) is 0.105. The van der Waals surface area contributed by atoms with Gasteiger partial charge in [-0.3, -0.25) is 24.7 Å². The molecule has 1 rings (SSSR count). The molecule has 1 aromatic carbocycles. The van der Waals surface area contributed by atoms with Gasteiger partial charge in [0.05, 0.1) is 0 Å². The van der Waals surface area contributed by atoms with Gasteiger partial charge in [0.1, 0.15) is 12.1 Å². The summed E-state index contributed by atoms with van der Waals surface area (Å²) in [5.41, 5.74) is 21.8. The lowest BCUT2D eigenvalue weighted by Gasteiger charge is -2.22. The van der Waals surface area contributed by atoms with Gasteiger partial charge < -0.3 is 38.3 Å². The predicted octanol–water partition coefficient (Wildman–Crippen LogP) is -0.954. The van der Waals surface area contributed by atoms with Crippen LogP contribution < -0.4 is 28.3 Å². The van der Waals surface area contributed by atoms with E-state index in [9.17, 15) is 14.4 Å². The molecule has 0 fully saturated rings. The number of benzene rings is 1. The Labute approximate surface area is 180 Å². The van der Waals surface area contributed by atoms with Crippen LogP contribution in [0.5, 0.6) is 0 Å². The maximum atomic E-state index is 11.1. The molecule has 0 saturated heterocycles. The second-order valence-corrected chi connectivity index (χ2v) is 6.58. The van der Waals surface area contributed by atoms with E-state index in [2.05, 4.69) is 10.3 Å². The number of hydrogen-bond donors (Lipinski definition) is 8. The minimum atomic E-state index is -1.07. The van der Waals surface area contributed by atoms with Crippen molar-refractivity contribution in [1.29, 1.82) is 0 Å². The lowest BCUT2D eigenvalue weighted by Crippen LogP contribution is -2.42. The van der Waals surface area contributed by atoms with Crippen LogP contribution in [0.25, 0.3) is 0 Å². The molecule has 0 aliphatic carbocycles. The van der Waals surface area contributed by atoms with Gasteiger partial charge in [0.15, 0.2) is 5.96 Å². The number of nitrogens with one attached hydrogen (secondary N) is 1. The average Bonchev–Trinajstić information content (AvgIpc) is 2.71. The maximum Gasteiger partial charge on any atom is 0.320 e. The van der Waals surface area contributed by atoms with Crippen LogP contribution in [0.4, 0.5) is 0 Å². The molecular formula is C19H32N6O6. The fourth-order valence-electron chi connectivity index (χ4n) is 2.42. The first-order valence-corrected chi connectivity index (χ1v) is 9.57. The van der Waals surface area contributed by atoms with Crippen molar-refractivity contribution in [2.75, 3.05) is 13.1 Å². The summed E-state index contributed by atoms with van der Waals surface area (Å²) in [6, 6.07) is 7.18. The van der Waals surface area contributed by atoms with Crippen LogP contribution in [0.2, 0.25) is 0 Å². The van der Waals surface area contributed by atoms with Crippen molar-refractivity contribution in [3.05, 3.63) is 35.9 Å². The van der Waals surface area contributed by atoms with Gasteiger partial charge in [-0.05, 0) is 24.8 Å². The molecule has 0 amide bonds. The monoisotopic (exact) mass is 440 g/mol. The first-order valence-electron chi connectivity index (χ1n) is 9.57. The van der Waals surface area contributed by atoms with Crippen molar-refractivity contribution in [3.63, 3.8) is 0 Å². The van der Waals surface area contributed by atoms with Crippen molar-refractivity contribution in [2.24, 2.45) is 27.9 Å². The highest BCUT2D eigenvalue weighted by Crippen LogP contribution is 2.13. The van der Waals surface area contributed by atoms with Gasteiger partial charge in [0.25, 0.3) is 0 Å². The highest BCUT2D eigenvalue weighted by Gasteiger charge is 2.22. The number of aliphatic carboxylic acids is 3. The summed E-state index contributed by atoms with van der Waals surface area (Å²) in [6.07, 6.45) is 0.779. The summed E-state index contributed by atoms with van der Waals surface area (Å²) in [6.45, 7) is 0.657. The third kappa shape index (κ3) is 13.6. The van der Waals surface area contributed by atoms with E-state index in [4.69, 9.17) is 38.3 Å². The highest BCUT2D eigenvalue weighted by molar-refractivity contribution is 5.76. The number of carboxylic acid groups (broad SMARTS) is 3. The van der Waals surface area contributed by atoms with Gasteiger partial charge in [-0.2, -0.15) is 0 Å². The van der Waals surface area contributed by atoms with E-state index in [1.165, 1.54) is 0 Å². The van der Waals surface area contributed by atoms with Crippen molar-refractivity contribution < 1.29 is 29.7 Å². The second-order valence-electron chi connectivity index (χ2n) is 6.58. The molecule has 0 saturated carbocycles. The van der Waals surface area contributed by atoms with E-state index >= 15 is 0 Å². The molecule has 12 nitrogen and oxygen atoms in total. The summed E-state index contributed by atoms with van der Waals surface area (Å²) >= 11 is 0. The Kier molecular flexibility index (Phi) is 14.0. The molecule has 0 aliphatic rings. The molecule has 0 aromatic heterocycles. The molecule has 0 heterocycles. The molecule has 12 heteroatoms. The Morgan fingerprint density at radius 3 is 2.06 bits per heavy atom. The number of nitrogens with zero attached hydrogens (tertiary/aromatic N) is 1. The van der Waals surface area contributed by atoms with Crippen LogP contribution in [0.15, 0.2) is 35.3 Å². The lowest BCUT2D eigenvalue weighted by atomic mass is 10.0. The number of rotatable bonds is 13. The fraction of sp³-hybridized carbons (Fsp3) is 0.474. The number of hydrogen-bond acceptors (Lipinski definition) is 7. The number of aliphatic imine (C=N–C) groups is 1. The molecule has 0 radical (unpaired) electrons. The number of carboxylic acids is 3. The van der Waals surface area contributed by atoms with Gasteiger partial charge in [-0.1, -0.05) is 30.3 Å². The van der Waals surface area contributed by atoms with E-state index in [1.807, 2.05) is 30.3 Å². The summed E-state index contributed by atoms with van der Waals surface area (Å²) in [5.74, 6) is -3.08. The molecule has 174 valence electrons. The molecule has 0 bridgehead atoms. The molecule has 1 unspecified atom stereocenters. The van der Waals surface area contributed by atoms with Crippen LogP contribution in [0.3, 0.4) is 0 Å². The Morgan fingerprint density at radius 1 is 1.00 bits per heavy atom. The molecule has 3 atom stereocenters. The van der Waals surface area contributed by atoms with Crippen molar-refractivity contribution in [1.82, 2.24) is 5.32 Å². The third-order valence-corrected chi connectivity index (χ3v) is 4.07. The van der Waals surface area contributed by atoms with Gasteiger partial charge in [-0.15, -0.1) is 0 Å². The van der Waals surface area contributed by atoms with E-state index in [0.717, 1.165) is 5.56 Å². The van der Waals surface area contributed by atoms with Crippen molar-refractivity contribution >= 4 is 23.9 Å². The van der Waals surface area contributed by atoms with Gasteiger partial charge in [-0.25, -0.2) is 0 Å². The molecular weight excluding hydrogens is 408 g/mol. The average molecular weight is 441 g/mol. The molecule has 0 spiro atoms. The van der Waals surface area contributed by atoms with Crippen LogP contribution in [-0.4, -0.2) is 64.4 Å². The van der Waals surface area contributed by atoms with E-state index < -0.39 is 30.0 Å². The van der Waals surface area contributed by atoms with E-state index in [0.29, 0.717) is 19.4 Å². The Morgan fingerprint density at radius 2 is 1.61 bits per heavy atom. The number of nitrogens with two attached hydrogens (primary N) is 4. The van der Waals surface area contributed by atoms with Crippen LogP contribution in [-0.2, 0) is 14.4 Å². The van der Waals surface area contributed by atoms with Gasteiger partial charge >= 0.3 is 17.9 Å². The van der Waals surface area contributed by atoms with Gasteiger partial charge in [0, 0.05) is 25.6 Å². The Balaban J connectivity index is 0.000000649. The largest absolute Gasteiger partial charge is 0.481 e. The van der Waals surface area contributed by atoms with Crippen LogP contribution >= 0.6 is 0 Å². The summed E-state index contributed by atoms with van der Waals surface area (Å²) in [5, 5.41) is 29.0. The van der Waals surface area contributed by atoms with E-state index in [1.54, 1.807) is 0 Å². The van der Waals surface area contributed by atoms with Crippen molar-refractivity contribution in [2.45, 2.75) is 43.8 Å². The SMILES string of the molecule is NC(N)=NCCC[C@@H](N)C(=O)O.NCC(N[C@@H](CCC(=O)O)C(=O)O)c1ccccc1. The normalized spacial score (nSPS) is 13.1. The van der Waals surface area contributed by atoms with E-state index in [-0.39, 0.29) is 31.4 Å². The lowest BCUT2D eigenvalue weighted by molar-refractivity contribution is -0.141. The summed E-state index contributed by atoms with van der Waals surface area (Å²) in [4.78, 5) is 35.5. The zero-order valence-corrected chi connectivity index (χ0v) is 17.2. The zero-order valence-electron chi connectivity index (χ0n) is 17.2. The third-order valence-electron chi connectivity index (χ3n) is 4.07. The Bertz CT molecular complexity index is 711. The predicted molar refractivity (Wildman–Crippen MR) is 115 cm³/mol. The molecule has 0 aliphatic heterocycles. The highest BCUT2D eigenvalue weighted by atomic mass is 16.4. The number of guanidine groups is 1. The second kappa shape index (κ2) is 15.6. The Hall–Kier alpha value is -3.22. The minimum Gasteiger partial charge on any atom is -0.481 e. The smallest absolute Gasteiger partial charge is 0.320 e. The molecule has 12 N–H and O–H groups in total. The maximum absolute atomic E-state index is 11.1. The topological polar surface area (TPSA) is 240 Å². The summed E-state index contributed by atoms with van der Waals surface area (Å²) in [7, 11) is 0. The van der Waals surface area contributed by atoms with Crippen LogP contribution in [0, 0.1) is 0 Å².